The molecule has 22 heavy (non-hydrogen) atoms. The fraction of sp³-hybridized carbons (Fsp3) is 0.500. The van der Waals surface area contributed by atoms with Crippen molar-refractivity contribution in [3.63, 3.8) is 0 Å². The predicted molar refractivity (Wildman–Crippen MR) is 83.0 cm³/mol. The second kappa shape index (κ2) is 7.26. The van der Waals surface area contributed by atoms with Crippen LogP contribution in [0.1, 0.15) is 13.8 Å². The molecule has 1 unspecified atom stereocenters. The molecule has 0 bridgehead atoms. The molecule has 0 saturated carbocycles. The normalized spacial score (nSPS) is 19.1. The second-order valence-electron chi connectivity index (χ2n) is 5.14. The lowest BCUT2D eigenvalue weighted by atomic mass is 10.1. The smallest absolute Gasteiger partial charge is 0.320 e. The second-order valence-corrected chi connectivity index (χ2v) is 5.14. The largest absolute Gasteiger partial charge is 0.497 e. The first-order valence-corrected chi connectivity index (χ1v) is 7.42. The summed E-state index contributed by atoms with van der Waals surface area (Å²) in [5.74, 6) is 0.396. The SMILES string of the molecule is CCOC(=O)CN1CCN(c2cccc(OC)c2)C(=O)C1C. The van der Waals surface area contributed by atoms with E-state index in [1.807, 2.05) is 36.1 Å². The average Bonchev–Trinajstić information content (AvgIpc) is 2.52. The zero-order valence-corrected chi connectivity index (χ0v) is 13.2. The Morgan fingerprint density at radius 1 is 1.36 bits per heavy atom. The number of esters is 1. The van der Waals surface area contributed by atoms with Gasteiger partial charge in [0, 0.05) is 24.8 Å². The van der Waals surface area contributed by atoms with E-state index < -0.39 is 0 Å². The highest BCUT2D eigenvalue weighted by Crippen LogP contribution is 2.24. The van der Waals surface area contributed by atoms with Gasteiger partial charge in [-0.15, -0.1) is 0 Å². The summed E-state index contributed by atoms with van der Waals surface area (Å²) in [7, 11) is 1.60. The summed E-state index contributed by atoms with van der Waals surface area (Å²) in [6.07, 6.45) is 0. The van der Waals surface area contributed by atoms with Crippen LogP contribution in [0.5, 0.6) is 5.75 Å². The Kier molecular flexibility index (Phi) is 5.38. The highest BCUT2D eigenvalue weighted by Gasteiger charge is 2.33. The monoisotopic (exact) mass is 306 g/mol. The highest BCUT2D eigenvalue weighted by atomic mass is 16.5. The zero-order chi connectivity index (χ0) is 16.1. The molecule has 1 aliphatic heterocycles. The first-order valence-electron chi connectivity index (χ1n) is 7.42. The van der Waals surface area contributed by atoms with Crippen molar-refractivity contribution in [2.45, 2.75) is 19.9 Å². The number of piperazine rings is 1. The molecule has 1 aromatic carbocycles. The van der Waals surface area contributed by atoms with Gasteiger partial charge in [0.1, 0.15) is 5.75 Å². The van der Waals surface area contributed by atoms with Gasteiger partial charge in [-0.1, -0.05) is 6.07 Å². The standard InChI is InChI=1S/C16H22N2O4/c1-4-22-15(19)11-17-8-9-18(16(20)12(17)2)13-6-5-7-14(10-13)21-3/h5-7,10,12H,4,8-9,11H2,1-3H3. The molecular weight excluding hydrogens is 284 g/mol. The van der Waals surface area contributed by atoms with E-state index >= 15 is 0 Å². The molecule has 6 nitrogen and oxygen atoms in total. The minimum atomic E-state index is -0.357. The van der Waals surface area contributed by atoms with Gasteiger partial charge in [0.15, 0.2) is 0 Å². The Labute approximate surface area is 130 Å². The molecule has 0 N–H and O–H groups in total. The first-order chi connectivity index (χ1) is 10.6. The van der Waals surface area contributed by atoms with Gasteiger partial charge >= 0.3 is 5.97 Å². The highest BCUT2D eigenvalue weighted by molar-refractivity contribution is 5.98. The molecule has 1 aromatic rings. The van der Waals surface area contributed by atoms with E-state index in [0.29, 0.717) is 25.4 Å². The Bertz CT molecular complexity index is 547. The molecule has 0 spiro atoms. The number of rotatable bonds is 5. The van der Waals surface area contributed by atoms with Gasteiger partial charge in [-0.25, -0.2) is 0 Å². The van der Waals surface area contributed by atoms with Crippen molar-refractivity contribution in [2.24, 2.45) is 0 Å². The Morgan fingerprint density at radius 3 is 2.82 bits per heavy atom. The van der Waals surface area contributed by atoms with Crippen LogP contribution in [0.3, 0.4) is 0 Å². The molecule has 1 aliphatic rings. The number of benzene rings is 1. The van der Waals surface area contributed by atoms with Crippen LogP contribution in [-0.4, -0.2) is 56.2 Å². The quantitative estimate of drug-likeness (QED) is 0.767. The number of amides is 1. The van der Waals surface area contributed by atoms with Crippen molar-refractivity contribution in [2.75, 3.05) is 38.3 Å². The van der Waals surface area contributed by atoms with Gasteiger partial charge in [0.2, 0.25) is 5.91 Å². The summed E-state index contributed by atoms with van der Waals surface area (Å²) < 4.78 is 10.1. The van der Waals surface area contributed by atoms with Crippen LogP contribution in [0.25, 0.3) is 0 Å². The number of ether oxygens (including phenoxy) is 2. The van der Waals surface area contributed by atoms with Crippen molar-refractivity contribution in [1.29, 1.82) is 0 Å². The number of anilines is 1. The van der Waals surface area contributed by atoms with Crippen LogP contribution in [0.15, 0.2) is 24.3 Å². The van der Waals surface area contributed by atoms with Gasteiger partial charge in [0.25, 0.3) is 0 Å². The van der Waals surface area contributed by atoms with Gasteiger partial charge < -0.3 is 14.4 Å². The maximum absolute atomic E-state index is 12.6. The molecule has 0 aromatic heterocycles. The molecule has 1 heterocycles. The summed E-state index contributed by atoms with van der Waals surface area (Å²) in [6.45, 7) is 5.25. The number of carbonyl (C=O) groups is 2. The predicted octanol–water partition coefficient (Wildman–Crippen LogP) is 1.30. The van der Waals surface area contributed by atoms with Crippen LogP contribution in [0.2, 0.25) is 0 Å². The summed E-state index contributed by atoms with van der Waals surface area (Å²) in [6, 6.07) is 7.06. The lowest BCUT2D eigenvalue weighted by Crippen LogP contribution is -2.57. The fourth-order valence-electron chi connectivity index (χ4n) is 2.54. The van der Waals surface area contributed by atoms with E-state index in [0.717, 1.165) is 5.69 Å². The van der Waals surface area contributed by atoms with Crippen LogP contribution < -0.4 is 9.64 Å². The summed E-state index contributed by atoms with van der Waals surface area (Å²) in [5.41, 5.74) is 0.812. The van der Waals surface area contributed by atoms with Crippen LogP contribution in [0.4, 0.5) is 5.69 Å². The maximum atomic E-state index is 12.6. The summed E-state index contributed by atoms with van der Waals surface area (Å²) >= 11 is 0. The van der Waals surface area contributed by atoms with Crippen molar-refractivity contribution >= 4 is 17.6 Å². The maximum Gasteiger partial charge on any atom is 0.320 e. The Hall–Kier alpha value is -2.08. The van der Waals surface area contributed by atoms with E-state index in [1.54, 1.807) is 18.9 Å². The third-order valence-corrected chi connectivity index (χ3v) is 3.78. The number of nitrogens with zero attached hydrogens (tertiary/aromatic N) is 2. The molecule has 0 radical (unpaired) electrons. The lowest BCUT2D eigenvalue weighted by Gasteiger charge is -2.38. The minimum Gasteiger partial charge on any atom is -0.497 e. The summed E-state index contributed by atoms with van der Waals surface area (Å²) in [4.78, 5) is 27.7. The Balaban J connectivity index is 2.07. The van der Waals surface area contributed by atoms with E-state index in [1.165, 1.54) is 0 Å². The average molecular weight is 306 g/mol. The van der Waals surface area contributed by atoms with Crippen LogP contribution >= 0.6 is 0 Å². The van der Waals surface area contributed by atoms with E-state index in [4.69, 9.17) is 9.47 Å². The molecule has 0 aliphatic carbocycles. The molecule has 1 atom stereocenters. The van der Waals surface area contributed by atoms with E-state index in [-0.39, 0.29) is 24.5 Å². The molecule has 6 heteroatoms. The zero-order valence-electron chi connectivity index (χ0n) is 13.2. The molecule has 1 amide bonds. The topological polar surface area (TPSA) is 59.1 Å². The molecule has 2 rings (SSSR count). The van der Waals surface area contributed by atoms with Gasteiger partial charge in [-0.05, 0) is 26.0 Å². The molecule has 1 saturated heterocycles. The number of hydrogen-bond donors (Lipinski definition) is 0. The molecule has 120 valence electrons. The minimum absolute atomic E-state index is 0.0243. The molecular formula is C16H22N2O4. The fourth-order valence-corrected chi connectivity index (χ4v) is 2.54. The van der Waals surface area contributed by atoms with Crippen LogP contribution in [0, 0.1) is 0 Å². The number of hydrogen-bond acceptors (Lipinski definition) is 5. The van der Waals surface area contributed by atoms with Gasteiger partial charge in [0.05, 0.1) is 26.3 Å². The van der Waals surface area contributed by atoms with Crippen LogP contribution in [-0.2, 0) is 14.3 Å². The van der Waals surface area contributed by atoms with Crippen molar-refractivity contribution in [3.8, 4) is 5.75 Å². The van der Waals surface area contributed by atoms with Crippen molar-refractivity contribution in [3.05, 3.63) is 24.3 Å². The summed E-state index contributed by atoms with van der Waals surface area (Å²) in [5, 5.41) is 0. The lowest BCUT2D eigenvalue weighted by molar-refractivity contribution is -0.145. The third-order valence-electron chi connectivity index (χ3n) is 3.78. The van der Waals surface area contributed by atoms with E-state index in [9.17, 15) is 9.59 Å². The third kappa shape index (κ3) is 3.57. The van der Waals surface area contributed by atoms with Crippen molar-refractivity contribution in [1.82, 2.24) is 4.90 Å². The van der Waals surface area contributed by atoms with Gasteiger partial charge in [-0.2, -0.15) is 0 Å². The van der Waals surface area contributed by atoms with Crippen molar-refractivity contribution < 1.29 is 19.1 Å². The van der Waals surface area contributed by atoms with Gasteiger partial charge in [-0.3, -0.25) is 14.5 Å². The number of methoxy groups -OCH3 is 1. The number of carbonyl (C=O) groups excluding carboxylic acids is 2. The van der Waals surface area contributed by atoms with E-state index in [2.05, 4.69) is 0 Å². The Morgan fingerprint density at radius 2 is 2.14 bits per heavy atom. The first kappa shape index (κ1) is 16.3. The molecule has 1 fully saturated rings.